The van der Waals surface area contributed by atoms with Gasteiger partial charge < -0.3 is 10.1 Å². The first kappa shape index (κ1) is 17.3. The van der Waals surface area contributed by atoms with Crippen molar-refractivity contribution in [1.29, 1.82) is 0 Å². The van der Waals surface area contributed by atoms with E-state index in [4.69, 9.17) is 4.74 Å². The molecule has 2 aromatic carbocycles. The zero-order valence-corrected chi connectivity index (χ0v) is 17.8. The maximum absolute atomic E-state index is 12.5. The van der Waals surface area contributed by atoms with Crippen LogP contribution in [0.25, 0.3) is 0 Å². The van der Waals surface area contributed by atoms with Crippen LogP contribution in [0.4, 0.5) is 5.69 Å². The van der Waals surface area contributed by atoms with Crippen molar-refractivity contribution in [3.63, 3.8) is 0 Å². The lowest BCUT2D eigenvalue weighted by Crippen LogP contribution is -2.15. The largest absolute Gasteiger partial charge is 0.495 e. The molecule has 0 fully saturated rings. The monoisotopic (exact) mass is 619 g/mol. The lowest BCUT2D eigenvalue weighted by molar-refractivity contribution is 0.102. The van der Waals surface area contributed by atoms with Crippen molar-refractivity contribution in [2.45, 2.75) is 6.92 Å². The second kappa shape index (κ2) is 7.44. The minimum atomic E-state index is -0.125. The minimum Gasteiger partial charge on any atom is -0.495 e. The number of amides is 1. The highest BCUT2D eigenvalue weighted by Crippen LogP contribution is 2.28. The van der Waals surface area contributed by atoms with Crippen LogP contribution in [0.2, 0.25) is 0 Å². The van der Waals surface area contributed by atoms with Crippen LogP contribution >= 0.6 is 67.8 Å². The molecule has 0 aliphatic heterocycles. The standard InChI is InChI=1S/C15H12I3NO2/c1-8-3-4-13(21-2)12(5-8)19-15(20)10-6-9(16)7-11(17)14(10)18/h3-7H,1-2H3,(H,19,20). The van der Waals surface area contributed by atoms with E-state index >= 15 is 0 Å². The maximum atomic E-state index is 12.5. The molecule has 0 spiro atoms. The molecule has 0 unspecified atom stereocenters. The van der Waals surface area contributed by atoms with Crippen LogP contribution in [0.15, 0.2) is 30.3 Å². The van der Waals surface area contributed by atoms with Crippen molar-refractivity contribution >= 4 is 79.4 Å². The third kappa shape index (κ3) is 4.21. The summed E-state index contributed by atoms with van der Waals surface area (Å²) in [5.41, 5.74) is 2.43. The molecule has 0 bridgehead atoms. The average Bonchev–Trinajstić information content (AvgIpc) is 2.43. The number of aryl methyl sites for hydroxylation is 1. The number of hydrogen-bond donors (Lipinski definition) is 1. The van der Waals surface area contributed by atoms with Crippen molar-refractivity contribution in [2.24, 2.45) is 0 Å². The summed E-state index contributed by atoms with van der Waals surface area (Å²) in [6, 6.07) is 9.65. The molecule has 6 heteroatoms. The predicted molar refractivity (Wildman–Crippen MR) is 110 cm³/mol. The third-order valence-electron chi connectivity index (χ3n) is 2.84. The second-order valence-electron chi connectivity index (χ2n) is 4.41. The van der Waals surface area contributed by atoms with E-state index < -0.39 is 0 Å². The SMILES string of the molecule is COc1ccc(C)cc1NC(=O)c1cc(I)cc(I)c1I. The zero-order chi connectivity index (χ0) is 15.6. The Kier molecular flexibility index (Phi) is 6.12. The van der Waals surface area contributed by atoms with Gasteiger partial charge >= 0.3 is 0 Å². The fourth-order valence-corrected chi connectivity index (χ4v) is 4.23. The number of halogens is 3. The Labute approximate surface area is 164 Å². The van der Waals surface area contributed by atoms with Gasteiger partial charge in [0.15, 0.2) is 0 Å². The van der Waals surface area contributed by atoms with Crippen molar-refractivity contribution in [3.05, 3.63) is 52.2 Å². The molecule has 0 radical (unpaired) electrons. The molecular weight excluding hydrogens is 607 g/mol. The number of nitrogens with one attached hydrogen (secondary N) is 1. The van der Waals surface area contributed by atoms with E-state index in [2.05, 4.69) is 73.1 Å². The number of carbonyl (C=O) groups is 1. The quantitative estimate of drug-likeness (QED) is 0.386. The molecule has 0 atom stereocenters. The highest BCUT2D eigenvalue weighted by molar-refractivity contribution is 14.1. The van der Waals surface area contributed by atoms with Gasteiger partial charge in [0.05, 0.1) is 18.4 Å². The molecule has 0 aliphatic rings. The Bertz CT molecular complexity index is 702. The average molecular weight is 619 g/mol. The van der Waals surface area contributed by atoms with Gasteiger partial charge in [-0.1, -0.05) is 6.07 Å². The molecule has 0 saturated heterocycles. The molecule has 3 nitrogen and oxygen atoms in total. The first-order chi connectivity index (χ1) is 9.92. The summed E-state index contributed by atoms with van der Waals surface area (Å²) in [5, 5.41) is 2.94. The van der Waals surface area contributed by atoms with Crippen LogP contribution in [0, 0.1) is 17.6 Å². The van der Waals surface area contributed by atoms with E-state index in [0.717, 1.165) is 16.3 Å². The van der Waals surface area contributed by atoms with Crippen LogP contribution in [0.5, 0.6) is 5.75 Å². The van der Waals surface area contributed by atoms with Gasteiger partial charge in [0.25, 0.3) is 5.91 Å². The van der Waals surface area contributed by atoms with E-state index in [1.807, 2.05) is 37.3 Å². The van der Waals surface area contributed by atoms with E-state index in [1.165, 1.54) is 0 Å². The summed E-state index contributed by atoms with van der Waals surface area (Å²) in [4.78, 5) is 12.5. The first-order valence-corrected chi connectivity index (χ1v) is 9.26. The smallest absolute Gasteiger partial charge is 0.256 e. The van der Waals surface area contributed by atoms with Crippen molar-refractivity contribution < 1.29 is 9.53 Å². The summed E-state index contributed by atoms with van der Waals surface area (Å²) in [6.07, 6.45) is 0. The van der Waals surface area contributed by atoms with Gasteiger partial charge in [0.2, 0.25) is 0 Å². The van der Waals surface area contributed by atoms with Crippen LogP contribution in [-0.2, 0) is 0 Å². The van der Waals surface area contributed by atoms with Gasteiger partial charge in [-0.3, -0.25) is 4.79 Å². The third-order valence-corrected chi connectivity index (χ3v) is 6.51. The maximum Gasteiger partial charge on any atom is 0.256 e. The zero-order valence-electron chi connectivity index (χ0n) is 11.3. The van der Waals surface area contributed by atoms with Crippen LogP contribution < -0.4 is 10.1 Å². The topological polar surface area (TPSA) is 38.3 Å². The van der Waals surface area contributed by atoms with E-state index in [-0.39, 0.29) is 5.91 Å². The van der Waals surface area contributed by atoms with Gasteiger partial charge in [-0.2, -0.15) is 0 Å². The molecule has 0 heterocycles. The number of rotatable bonds is 3. The summed E-state index contributed by atoms with van der Waals surface area (Å²) in [7, 11) is 1.60. The summed E-state index contributed by atoms with van der Waals surface area (Å²) < 4.78 is 8.36. The van der Waals surface area contributed by atoms with Crippen molar-refractivity contribution in [3.8, 4) is 5.75 Å². The molecular formula is C15H12I3NO2. The molecule has 0 aromatic heterocycles. The predicted octanol–water partition coefficient (Wildman–Crippen LogP) is 5.07. The Morgan fingerprint density at radius 2 is 1.86 bits per heavy atom. The van der Waals surface area contributed by atoms with Crippen molar-refractivity contribution in [1.82, 2.24) is 0 Å². The van der Waals surface area contributed by atoms with Crippen molar-refractivity contribution in [2.75, 3.05) is 12.4 Å². The van der Waals surface area contributed by atoms with Crippen LogP contribution in [0.1, 0.15) is 15.9 Å². The fraction of sp³-hybridized carbons (Fsp3) is 0.133. The van der Waals surface area contributed by atoms with E-state index in [1.54, 1.807) is 7.11 Å². The summed E-state index contributed by atoms with van der Waals surface area (Å²) in [5.74, 6) is 0.531. The molecule has 2 aromatic rings. The number of methoxy groups -OCH3 is 1. The fourth-order valence-electron chi connectivity index (χ4n) is 1.83. The van der Waals surface area contributed by atoms with Gasteiger partial charge in [0.1, 0.15) is 5.75 Å². The van der Waals surface area contributed by atoms with Gasteiger partial charge in [-0.15, -0.1) is 0 Å². The lowest BCUT2D eigenvalue weighted by atomic mass is 10.1. The van der Waals surface area contributed by atoms with Gasteiger partial charge in [-0.05, 0) is 105 Å². The molecule has 0 aliphatic carbocycles. The van der Waals surface area contributed by atoms with Gasteiger partial charge in [0, 0.05) is 10.7 Å². The summed E-state index contributed by atoms with van der Waals surface area (Å²) >= 11 is 6.66. The Morgan fingerprint density at radius 3 is 2.52 bits per heavy atom. The minimum absolute atomic E-state index is 0.125. The Balaban J connectivity index is 2.37. The Morgan fingerprint density at radius 1 is 1.14 bits per heavy atom. The molecule has 1 amide bonds. The number of ether oxygens (including phenoxy) is 1. The highest BCUT2D eigenvalue weighted by Gasteiger charge is 2.15. The molecule has 1 N–H and O–H groups in total. The van der Waals surface area contributed by atoms with Crippen LogP contribution in [0.3, 0.4) is 0 Å². The van der Waals surface area contributed by atoms with E-state index in [0.29, 0.717) is 17.0 Å². The lowest BCUT2D eigenvalue weighted by Gasteiger charge is -2.12. The number of hydrogen-bond acceptors (Lipinski definition) is 2. The number of carbonyl (C=O) groups excluding carboxylic acids is 1. The van der Waals surface area contributed by atoms with E-state index in [9.17, 15) is 4.79 Å². The molecule has 21 heavy (non-hydrogen) atoms. The Hall–Kier alpha value is -0.1000. The molecule has 0 saturated carbocycles. The second-order valence-corrected chi connectivity index (χ2v) is 7.89. The number of benzene rings is 2. The number of anilines is 1. The molecule has 2 rings (SSSR count). The van der Waals surface area contributed by atoms with Gasteiger partial charge in [-0.25, -0.2) is 0 Å². The molecule has 110 valence electrons. The first-order valence-electron chi connectivity index (χ1n) is 6.03. The summed E-state index contributed by atoms with van der Waals surface area (Å²) in [6.45, 7) is 1.98. The normalized spacial score (nSPS) is 10.3. The van der Waals surface area contributed by atoms with Crippen LogP contribution in [-0.4, -0.2) is 13.0 Å². The highest BCUT2D eigenvalue weighted by atomic mass is 127.